The number of benzene rings is 2. The lowest BCUT2D eigenvalue weighted by atomic mass is 9.99. The molecule has 1 aliphatic heterocycles. The van der Waals surface area contributed by atoms with E-state index in [-0.39, 0.29) is 17.7 Å². The van der Waals surface area contributed by atoms with Crippen LogP contribution in [0, 0.1) is 10.8 Å². The fourth-order valence-electron chi connectivity index (χ4n) is 3.96. The van der Waals surface area contributed by atoms with Crippen molar-refractivity contribution in [2.45, 2.75) is 65.5 Å². The monoisotopic (exact) mass is 525 g/mol. The molecule has 0 unspecified atom stereocenters. The second kappa shape index (κ2) is 12.2. The third-order valence-electron chi connectivity index (χ3n) is 5.65. The maximum absolute atomic E-state index is 11.8. The molecule has 1 amide bonds. The Morgan fingerprint density at radius 3 is 2.49 bits per heavy atom. The zero-order chi connectivity index (χ0) is 27.2. The van der Waals surface area contributed by atoms with Gasteiger partial charge in [0.2, 0.25) is 0 Å². The molecule has 3 rings (SSSR count). The molecule has 0 aromatic heterocycles. The van der Waals surface area contributed by atoms with Crippen molar-refractivity contribution in [2.75, 3.05) is 18.1 Å². The number of hydrogen-bond acceptors (Lipinski definition) is 6. The second-order valence-corrected chi connectivity index (χ2v) is 10.3. The van der Waals surface area contributed by atoms with Crippen LogP contribution in [0.2, 0.25) is 5.02 Å². The zero-order valence-corrected chi connectivity index (χ0v) is 22.9. The normalized spacial score (nSPS) is 15.4. The lowest BCUT2D eigenvalue weighted by Crippen LogP contribution is -2.40. The molecule has 0 radical (unpaired) electrons. The van der Waals surface area contributed by atoms with Gasteiger partial charge in [-0.15, -0.1) is 0 Å². The Labute approximate surface area is 224 Å². The van der Waals surface area contributed by atoms with E-state index < -0.39 is 11.7 Å². The van der Waals surface area contributed by atoms with Crippen molar-refractivity contribution >= 4 is 40.8 Å². The van der Waals surface area contributed by atoms with Crippen LogP contribution in [0.5, 0.6) is 5.75 Å². The Kier molecular flexibility index (Phi) is 9.32. The number of alkyl carbamates (subject to hydrolysis) is 1. The summed E-state index contributed by atoms with van der Waals surface area (Å²) in [6, 6.07) is 12.7. The van der Waals surface area contributed by atoms with E-state index in [1.165, 1.54) is 0 Å². The highest BCUT2D eigenvalue weighted by Gasteiger charge is 2.30. The number of halogens is 1. The lowest BCUT2D eigenvalue weighted by molar-refractivity contribution is 0.0526. The number of nitrogens with one attached hydrogen (secondary N) is 3. The van der Waals surface area contributed by atoms with E-state index in [0.717, 1.165) is 35.4 Å². The summed E-state index contributed by atoms with van der Waals surface area (Å²) in [5, 5.41) is 20.5. The van der Waals surface area contributed by atoms with E-state index in [2.05, 4.69) is 5.32 Å². The number of carbonyl (C=O) groups excluding carboxylic acids is 1. The van der Waals surface area contributed by atoms with Crippen molar-refractivity contribution < 1.29 is 14.3 Å². The number of aliphatic imine (C=N–C) groups is 1. The van der Waals surface area contributed by atoms with Crippen LogP contribution in [-0.4, -0.2) is 48.3 Å². The summed E-state index contributed by atoms with van der Waals surface area (Å²) < 4.78 is 11.3. The van der Waals surface area contributed by atoms with Gasteiger partial charge >= 0.3 is 6.09 Å². The summed E-state index contributed by atoms with van der Waals surface area (Å²) >= 11 is 6.13. The van der Waals surface area contributed by atoms with Crippen molar-refractivity contribution in [3.8, 4) is 5.75 Å². The molecule has 1 heterocycles. The zero-order valence-electron chi connectivity index (χ0n) is 22.2. The van der Waals surface area contributed by atoms with E-state index in [1.54, 1.807) is 11.8 Å². The molecule has 0 spiro atoms. The minimum atomic E-state index is -0.520. The highest BCUT2D eigenvalue weighted by molar-refractivity contribution is 6.31. The van der Waals surface area contributed by atoms with Gasteiger partial charge < -0.3 is 14.8 Å². The van der Waals surface area contributed by atoms with Gasteiger partial charge in [0, 0.05) is 22.7 Å². The van der Waals surface area contributed by atoms with Gasteiger partial charge in [-0.1, -0.05) is 30.7 Å². The minimum Gasteiger partial charge on any atom is -0.494 e. The third-order valence-corrected chi connectivity index (χ3v) is 5.91. The summed E-state index contributed by atoms with van der Waals surface area (Å²) in [6.45, 7) is 10.1. The van der Waals surface area contributed by atoms with E-state index in [9.17, 15) is 4.79 Å². The molecular weight excluding hydrogens is 490 g/mol. The molecule has 1 aliphatic rings. The lowest BCUT2D eigenvalue weighted by Gasteiger charge is -2.26. The number of nitrogens with zero attached hydrogens (tertiary/aromatic N) is 2. The standard InChI is InChI=1S/C28H36ClN5O3/c1-6-23-26(31)34(18(2)30)24-14-13-21(36-16-8-7-15-32-27(35)37-28(3,4)5)17-22(24)25(33-23)19-9-11-20(29)12-10-19/h9-14,17,23,30-31H,6-8,15-16H2,1-5H3,(H,32,35)/t23-/m0/s1. The maximum atomic E-state index is 11.8. The Bertz CT molecular complexity index is 1170. The number of carbonyl (C=O) groups is 1. The molecular formula is C28H36ClN5O3. The molecule has 0 fully saturated rings. The fourth-order valence-corrected chi connectivity index (χ4v) is 4.09. The molecule has 37 heavy (non-hydrogen) atoms. The Morgan fingerprint density at radius 1 is 1.16 bits per heavy atom. The summed E-state index contributed by atoms with van der Waals surface area (Å²) in [5.41, 5.74) is 2.61. The van der Waals surface area contributed by atoms with E-state index in [4.69, 9.17) is 36.9 Å². The fraction of sp³-hybridized carbons (Fsp3) is 0.429. The number of unbranched alkanes of at least 4 members (excludes halogenated alkanes) is 1. The first kappa shape index (κ1) is 28.2. The largest absolute Gasteiger partial charge is 0.494 e. The average molecular weight is 526 g/mol. The van der Waals surface area contributed by atoms with Crippen LogP contribution in [0.1, 0.15) is 65.0 Å². The van der Waals surface area contributed by atoms with Crippen molar-refractivity contribution in [1.29, 1.82) is 10.8 Å². The van der Waals surface area contributed by atoms with Crippen molar-refractivity contribution in [2.24, 2.45) is 4.99 Å². The van der Waals surface area contributed by atoms with Crippen LogP contribution in [0.4, 0.5) is 10.5 Å². The van der Waals surface area contributed by atoms with Crippen LogP contribution in [0.3, 0.4) is 0 Å². The summed E-state index contributed by atoms with van der Waals surface area (Å²) in [4.78, 5) is 18.4. The Balaban J connectivity index is 1.78. The second-order valence-electron chi connectivity index (χ2n) is 9.88. The highest BCUT2D eigenvalue weighted by atomic mass is 35.5. The van der Waals surface area contributed by atoms with Gasteiger partial charge in [-0.2, -0.15) is 0 Å². The van der Waals surface area contributed by atoms with E-state index in [1.807, 2.05) is 70.2 Å². The van der Waals surface area contributed by atoms with Gasteiger partial charge in [-0.05, 0) is 77.3 Å². The van der Waals surface area contributed by atoms with E-state index >= 15 is 0 Å². The first-order chi connectivity index (χ1) is 17.5. The first-order valence-electron chi connectivity index (χ1n) is 12.5. The number of hydrogen-bond donors (Lipinski definition) is 3. The van der Waals surface area contributed by atoms with E-state index in [0.29, 0.717) is 30.3 Å². The molecule has 1 atom stereocenters. The predicted molar refractivity (Wildman–Crippen MR) is 150 cm³/mol. The molecule has 8 nitrogen and oxygen atoms in total. The number of ether oxygens (including phenoxy) is 2. The number of benzodiazepines with no additional fused rings is 1. The van der Waals surface area contributed by atoms with Gasteiger partial charge in [0.05, 0.1) is 18.0 Å². The summed E-state index contributed by atoms with van der Waals surface area (Å²) in [7, 11) is 0. The minimum absolute atomic E-state index is 0.253. The molecule has 2 aromatic carbocycles. The Hall–Kier alpha value is -3.39. The highest BCUT2D eigenvalue weighted by Crippen LogP contribution is 2.33. The molecule has 2 aromatic rings. The van der Waals surface area contributed by atoms with Crippen molar-refractivity contribution in [3.63, 3.8) is 0 Å². The maximum Gasteiger partial charge on any atom is 0.407 e. The number of anilines is 1. The average Bonchev–Trinajstić information content (AvgIpc) is 2.94. The molecule has 3 N–H and O–H groups in total. The summed E-state index contributed by atoms with van der Waals surface area (Å²) in [6.07, 6.45) is 1.71. The number of amidine groups is 2. The number of rotatable bonds is 8. The molecule has 9 heteroatoms. The van der Waals surface area contributed by atoms with Gasteiger partial charge in [-0.3, -0.25) is 20.7 Å². The van der Waals surface area contributed by atoms with Crippen LogP contribution >= 0.6 is 11.6 Å². The van der Waals surface area contributed by atoms with Crippen LogP contribution in [-0.2, 0) is 4.74 Å². The smallest absolute Gasteiger partial charge is 0.407 e. The number of fused-ring (bicyclic) bond motifs is 1. The molecule has 0 bridgehead atoms. The molecule has 0 aliphatic carbocycles. The third kappa shape index (κ3) is 7.55. The van der Waals surface area contributed by atoms with Gasteiger partial charge in [-0.25, -0.2) is 4.79 Å². The quantitative estimate of drug-likeness (QED) is 0.209. The van der Waals surface area contributed by atoms with Crippen molar-refractivity contribution in [1.82, 2.24) is 5.32 Å². The molecule has 0 saturated carbocycles. The van der Waals surface area contributed by atoms with Gasteiger partial charge in [0.25, 0.3) is 0 Å². The topological polar surface area (TPSA) is 111 Å². The van der Waals surface area contributed by atoms with Gasteiger partial charge in [0.15, 0.2) is 0 Å². The van der Waals surface area contributed by atoms with Crippen LogP contribution in [0.25, 0.3) is 0 Å². The molecule has 0 saturated heterocycles. The van der Waals surface area contributed by atoms with Gasteiger partial charge in [0.1, 0.15) is 29.1 Å². The Morgan fingerprint density at radius 2 is 1.86 bits per heavy atom. The SMILES string of the molecule is CC[C@@H]1N=C(c2ccc(Cl)cc2)c2cc(OCCCCNC(=O)OC(C)(C)C)ccc2N(C(C)=N)C1=N. The number of amides is 1. The first-order valence-corrected chi connectivity index (χ1v) is 12.9. The molecule has 198 valence electrons. The van der Waals surface area contributed by atoms with Crippen LogP contribution in [0.15, 0.2) is 47.5 Å². The summed E-state index contributed by atoms with van der Waals surface area (Å²) in [5.74, 6) is 1.19. The predicted octanol–water partition coefficient (Wildman–Crippen LogP) is 6.43. The van der Waals surface area contributed by atoms with Crippen molar-refractivity contribution in [3.05, 3.63) is 58.6 Å². The van der Waals surface area contributed by atoms with Crippen LogP contribution < -0.4 is 15.0 Å².